The van der Waals surface area contributed by atoms with Crippen molar-refractivity contribution in [3.63, 3.8) is 0 Å². The van der Waals surface area contributed by atoms with Crippen LogP contribution in [0.4, 0.5) is 5.82 Å². The molecule has 3 aromatic rings. The van der Waals surface area contributed by atoms with Gasteiger partial charge >= 0.3 is 0 Å². The van der Waals surface area contributed by atoms with Crippen molar-refractivity contribution in [1.29, 1.82) is 5.26 Å². The van der Waals surface area contributed by atoms with Gasteiger partial charge in [0.15, 0.2) is 5.82 Å². The fraction of sp³-hybridized carbons (Fsp3) is 0.409. The fourth-order valence-corrected chi connectivity index (χ4v) is 3.58. The van der Waals surface area contributed by atoms with Crippen molar-refractivity contribution in [2.45, 2.75) is 32.7 Å². The molecule has 1 aliphatic rings. The highest BCUT2D eigenvalue weighted by Gasteiger charge is 2.23. The van der Waals surface area contributed by atoms with Crippen LogP contribution in [0.25, 0.3) is 5.52 Å². The number of rotatable bonds is 3. The standard InChI is InChI=1S/C22H26N6/c1-22(2,3)20-14-19-21(24-8-9-28(19)25-20)27-12-10-26(11-13-27)16-18-6-4-17(15-23)5-7-18/h4-9,14H,10-13,16H2,1-3H3. The number of benzene rings is 1. The van der Waals surface area contributed by atoms with E-state index in [0.29, 0.717) is 5.56 Å². The van der Waals surface area contributed by atoms with E-state index in [1.54, 1.807) is 0 Å². The smallest absolute Gasteiger partial charge is 0.154 e. The number of nitrogens with zero attached hydrogens (tertiary/aromatic N) is 6. The van der Waals surface area contributed by atoms with Gasteiger partial charge < -0.3 is 4.90 Å². The molecule has 3 heterocycles. The van der Waals surface area contributed by atoms with Gasteiger partial charge in [-0.3, -0.25) is 4.90 Å². The van der Waals surface area contributed by atoms with Crippen molar-refractivity contribution < 1.29 is 0 Å². The van der Waals surface area contributed by atoms with Crippen LogP contribution in [0.1, 0.15) is 37.6 Å². The molecule has 6 heteroatoms. The molecule has 0 amide bonds. The van der Waals surface area contributed by atoms with E-state index in [1.165, 1.54) is 5.56 Å². The van der Waals surface area contributed by atoms with E-state index in [0.717, 1.165) is 49.8 Å². The Bertz CT molecular complexity index is 998. The van der Waals surface area contributed by atoms with Crippen LogP contribution in [0.5, 0.6) is 0 Å². The molecule has 0 spiro atoms. The van der Waals surface area contributed by atoms with Gasteiger partial charge in [-0.25, -0.2) is 9.50 Å². The first kappa shape index (κ1) is 18.5. The molecular weight excluding hydrogens is 348 g/mol. The molecule has 1 fully saturated rings. The Morgan fingerprint density at radius 3 is 2.43 bits per heavy atom. The zero-order chi connectivity index (χ0) is 19.7. The van der Waals surface area contributed by atoms with E-state index in [2.05, 4.69) is 47.7 Å². The Labute approximate surface area is 166 Å². The van der Waals surface area contributed by atoms with Crippen molar-refractivity contribution in [3.8, 4) is 6.07 Å². The molecular formula is C22H26N6. The Balaban J connectivity index is 1.46. The third-order valence-corrected chi connectivity index (χ3v) is 5.30. The van der Waals surface area contributed by atoms with Gasteiger partial charge in [0.2, 0.25) is 0 Å². The second kappa shape index (κ2) is 7.25. The van der Waals surface area contributed by atoms with Crippen molar-refractivity contribution in [2.24, 2.45) is 0 Å². The quantitative estimate of drug-likeness (QED) is 0.704. The van der Waals surface area contributed by atoms with Crippen molar-refractivity contribution in [3.05, 3.63) is 59.5 Å². The van der Waals surface area contributed by atoms with Gasteiger partial charge in [-0.2, -0.15) is 10.4 Å². The van der Waals surface area contributed by atoms with Crippen LogP contribution in [-0.2, 0) is 12.0 Å². The predicted octanol–water partition coefficient (Wildman–Crippen LogP) is 3.22. The molecule has 0 atom stereocenters. The lowest BCUT2D eigenvalue weighted by Crippen LogP contribution is -2.46. The van der Waals surface area contributed by atoms with Gasteiger partial charge in [-0.1, -0.05) is 32.9 Å². The zero-order valence-electron chi connectivity index (χ0n) is 16.8. The van der Waals surface area contributed by atoms with Crippen LogP contribution in [0.2, 0.25) is 0 Å². The largest absolute Gasteiger partial charge is 0.352 e. The molecule has 0 radical (unpaired) electrons. The minimum atomic E-state index is 0.0169. The summed E-state index contributed by atoms with van der Waals surface area (Å²) in [6.07, 6.45) is 3.76. The maximum Gasteiger partial charge on any atom is 0.154 e. The summed E-state index contributed by atoms with van der Waals surface area (Å²) in [5.41, 5.74) is 4.14. The van der Waals surface area contributed by atoms with E-state index in [4.69, 9.17) is 10.4 Å². The van der Waals surface area contributed by atoms with Crippen LogP contribution in [0.3, 0.4) is 0 Å². The molecule has 1 aromatic carbocycles. The van der Waals surface area contributed by atoms with E-state index >= 15 is 0 Å². The highest BCUT2D eigenvalue weighted by Crippen LogP contribution is 2.27. The number of hydrogen-bond acceptors (Lipinski definition) is 5. The summed E-state index contributed by atoms with van der Waals surface area (Å²) in [5.74, 6) is 1.02. The maximum atomic E-state index is 8.93. The summed E-state index contributed by atoms with van der Waals surface area (Å²) in [5, 5.41) is 13.7. The van der Waals surface area contributed by atoms with E-state index in [9.17, 15) is 0 Å². The third kappa shape index (κ3) is 3.71. The van der Waals surface area contributed by atoms with Crippen LogP contribution < -0.4 is 4.90 Å². The highest BCUT2D eigenvalue weighted by atomic mass is 15.3. The van der Waals surface area contributed by atoms with Crippen molar-refractivity contribution in [1.82, 2.24) is 19.5 Å². The topological polar surface area (TPSA) is 60.5 Å². The summed E-state index contributed by atoms with van der Waals surface area (Å²) in [4.78, 5) is 9.48. The maximum absolute atomic E-state index is 8.93. The lowest BCUT2D eigenvalue weighted by atomic mass is 9.92. The second-order valence-corrected chi connectivity index (χ2v) is 8.43. The molecule has 144 valence electrons. The minimum absolute atomic E-state index is 0.0169. The lowest BCUT2D eigenvalue weighted by molar-refractivity contribution is 0.249. The van der Waals surface area contributed by atoms with E-state index in [-0.39, 0.29) is 5.41 Å². The number of nitriles is 1. The number of hydrogen-bond donors (Lipinski definition) is 0. The first-order chi connectivity index (χ1) is 13.4. The number of piperazine rings is 1. The monoisotopic (exact) mass is 374 g/mol. The van der Waals surface area contributed by atoms with Gasteiger partial charge in [0, 0.05) is 50.5 Å². The van der Waals surface area contributed by atoms with Gasteiger partial charge in [-0.15, -0.1) is 0 Å². The molecule has 0 saturated carbocycles. The molecule has 0 aliphatic carbocycles. The molecule has 2 aromatic heterocycles. The first-order valence-corrected chi connectivity index (χ1v) is 9.75. The van der Waals surface area contributed by atoms with Crippen LogP contribution >= 0.6 is 0 Å². The first-order valence-electron chi connectivity index (χ1n) is 9.75. The van der Waals surface area contributed by atoms with Crippen LogP contribution in [0.15, 0.2) is 42.7 Å². The predicted molar refractivity (Wildman–Crippen MR) is 110 cm³/mol. The SMILES string of the molecule is CC(C)(C)c1cc2c(N3CCN(Cc4ccc(C#N)cc4)CC3)nccn2n1. The molecule has 1 aliphatic heterocycles. The molecule has 0 N–H and O–H groups in total. The Kier molecular flexibility index (Phi) is 4.78. The van der Waals surface area contributed by atoms with Crippen molar-refractivity contribution in [2.75, 3.05) is 31.1 Å². The lowest BCUT2D eigenvalue weighted by Gasteiger charge is -2.35. The number of fused-ring (bicyclic) bond motifs is 1. The third-order valence-electron chi connectivity index (χ3n) is 5.30. The number of aromatic nitrogens is 3. The molecule has 0 bridgehead atoms. The Morgan fingerprint density at radius 1 is 1.07 bits per heavy atom. The molecule has 0 unspecified atom stereocenters. The summed E-state index contributed by atoms with van der Waals surface area (Å²) in [6.45, 7) is 11.3. The van der Waals surface area contributed by atoms with Crippen LogP contribution in [0, 0.1) is 11.3 Å². The van der Waals surface area contributed by atoms with Crippen LogP contribution in [-0.4, -0.2) is 45.7 Å². The summed E-state index contributed by atoms with van der Waals surface area (Å²) >= 11 is 0. The fourth-order valence-electron chi connectivity index (χ4n) is 3.58. The average Bonchev–Trinajstić information content (AvgIpc) is 3.14. The minimum Gasteiger partial charge on any atom is -0.352 e. The van der Waals surface area contributed by atoms with Gasteiger partial charge in [0.05, 0.1) is 17.3 Å². The van der Waals surface area contributed by atoms with Gasteiger partial charge in [-0.05, 0) is 23.8 Å². The molecule has 1 saturated heterocycles. The Morgan fingerprint density at radius 2 is 1.79 bits per heavy atom. The summed E-state index contributed by atoms with van der Waals surface area (Å²) in [7, 11) is 0. The molecule has 28 heavy (non-hydrogen) atoms. The van der Waals surface area contributed by atoms with Gasteiger partial charge in [0.25, 0.3) is 0 Å². The summed E-state index contributed by atoms with van der Waals surface area (Å²) in [6, 6.07) is 12.2. The van der Waals surface area contributed by atoms with Gasteiger partial charge in [0.1, 0.15) is 5.52 Å². The van der Waals surface area contributed by atoms with E-state index < -0.39 is 0 Å². The molecule has 6 nitrogen and oxygen atoms in total. The molecule has 4 rings (SSSR count). The second-order valence-electron chi connectivity index (χ2n) is 8.43. The average molecular weight is 374 g/mol. The van der Waals surface area contributed by atoms with Crippen molar-refractivity contribution >= 4 is 11.3 Å². The van der Waals surface area contributed by atoms with E-state index in [1.807, 2.05) is 41.2 Å². The number of anilines is 1. The summed E-state index contributed by atoms with van der Waals surface area (Å²) < 4.78 is 1.95. The Hall–Kier alpha value is -2.91. The normalized spacial score (nSPS) is 15.7. The zero-order valence-corrected chi connectivity index (χ0v) is 16.8. The highest BCUT2D eigenvalue weighted by molar-refractivity contribution is 5.69.